The molecule has 0 atom stereocenters. The largest absolute Gasteiger partial charge is 0.480 e. The lowest BCUT2D eigenvalue weighted by Crippen LogP contribution is -2.55. The van der Waals surface area contributed by atoms with Crippen LogP contribution in [0.4, 0.5) is 0 Å². The Hall–Kier alpha value is -0.610. The molecule has 2 N–H and O–H groups in total. The normalized spacial score (nSPS) is 31.5. The van der Waals surface area contributed by atoms with Gasteiger partial charge in [-0.05, 0) is 38.6 Å². The molecule has 0 radical (unpaired) electrons. The van der Waals surface area contributed by atoms with Crippen LogP contribution in [0.2, 0.25) is 0 Å². The molecule has 15 heavy (non-hydrogen) atoms. The van der Waals surface area contributed by atoms with Gasteiger partial charge in [0.05, 0.1) is 6.10 Å². The molecule has 0 aromatic carbocycles. The Morgan fingerprint density at radius 2 is 2.13 bits per heavy atom. The summed E-state index contributed by atoms with van der Waals surface area (Å²) in [5, 5.41) is 12.4. The van der Waals surface area contributed by atoms with Crippen molar-refractivity contribution in [3.63, 3.8) is 0 Å². The van der Waals surface area contributed by atoms with Gasteiger partial charge in [-0.3, -0.25) is 4.79 Å². The highest BCUT2D eigenvalue weighted by Crippen LogP contribution is 2.30. The van der Waals surface area contributed by atoms with Crippen LogP contribution < -0.4 is 5.32 Å². The number of hydrogen-bond acceptors (Lipinski definition) is 3. The standard InChI is InChI=1S/C11H21NO3/c1-3-8-12-11(10(13)14)6-4-9(15-2)5-7-11/h9,12H,3-8H2,1-2H3,(H,13,14). The van der Waals surface area contributed by atoms with Gasteiger partial charge in [0.15, 0.2) is 0 Å². The van der Waals surface area contributed by atoms with Crippen LogP contribution in [-0.2, 0) is 9.53 Å². The summed E-state index contributed by atoms with van der Waals surface area (Å²) in [5.41, 5.74) is -0.703. The first-order chi connectivity index (χ1) is 7.14. The molecule has 0 aliphatic heterocycles. The van der Waals surface area contributed by atoms with Gasteiger partial charge < -0.3 is 15.2 Å². The molecule has 1 aliphatic rings. The number of hydrogen-bond donors (Lipinski definition) is 2. The third-order valence-corrected chi connectivity index (χ3v) is 3.24. The summed E-state index contributed by atoms with van der Waals surface area (Å²) in [6.07, 6.45) is 4.20. The van der Waals surface area contributed by atoms with Crippen LogP contribution in [0.3, 0.4) is 0 Å². The van der Waals surface area contributed by atoms with Crippen molar-refractivity contribution in [3.05, 3.63) is 0 Å². The van der Waals surface area contributed by atoms with Crippen LogP contribution in [0.25, 0.3) is 0 Å². The van der Waals surface area contributed by atoms with Gasteiger partial charge in [0.2, 0.25) is 0 Å². The lowest BCUT2D eigenvalue weighted by Gasteiger charge is -2.37. The third kappa shape index (κ3) is 2.92. The molecule has 0 aromatic heterocycles. The molecule has 0 bridgehead atoms. The molecule has 1 aliphatic carbocycles. The van der Waals surface area contributed by atoms with Gasteiger partial charge in [-0.1, -0.05) is 6.92 Å². The highest BCUT2D eigenvalue weighted by molar-refractivity contribution is 5.78. The van der Waals surface area contributed by atoms with Crippen molar-refractivity contribution < 1.29 is 14.6 Å². The van der Waals surface area contributed by atoms with Crippen LogP contribution in [0, 0.1) is 0 Å². The molecule has 1 fully saturated rings. The summed E-state index contributed by atoms with van der Waals surface area (Å²) >= 11 is 0. The molecule has 88 valence electrons. The number of carboxylic acid groups (broad SMARTS) is 1. The second-order valence-electron chi connectivity index (χ2n) is 4.25. The monoisotopic (exact) mass is 215 g/mol. The van der Waals surface area contributed by atoms with Gasteiger partial charge >= 0.3 is 5.97 Å². The van der Waals surface area contributed by atoms with Crippen LogP contribution in [0.5, 0.6) is 0 Å². The molecule has 0 heterocycles. The Balaban J connectivity index is 2.56. The molecular weight excluding hydrogens is 194 g/mol. The molecule has 4 heteroatoms. The zero-order chi connectivity index (χ0) is 11.3. The number of aliphatic carboxylic acids is 1. The molecule has 4 nitrogen and oxygen atoms in total. The molecule has 1 saturated carbocycles. The Kier molecular flexibility index (Phi) is 4.54. The van der Waals surface area contributed by atoms with Crippen LogP contribution in [0.15, 0.2) is 0 Å². The van der Waals surface area contributed by atoms with Crippen molar-refractivity contribution in [3.8, 4) is 0 Å². The van der Waals surface area contributed by atoms with Crippen LogP contribution >= 0.6 is 0 Å². The minimum atomic E-state index is -0.717. The number of nitrogens with one attached hydrogen (secondary N) is 1. The van der Waals surface area contributed by atoms with E-state index in [4.69, 9.17) is 4.74 Å². The van der Waals surface area contributed by atoms with Crippen molar-refractivity contribution in [2.75, 3.05) is 13.7 Å². The molecule has 1 rings (SSSR count). The van der Waals surface area contributed by atoms with Gasteiger partial charge in [-0.2, -0.15) is 0 Å². The predicted molar refractivity (Wildman–Crippen MR) is 57.9 cm³/mol. The van der Waals surface area contributed by atoms with Crippen molar-refractivity contribution in [2.45, 2.75) is 50.7 Å². The first kappa shape index (κ1) is 12.5. The summed E-state index contributed by atoms with van der Waals surface area (Å²) in [6, 6.07) is 0. The fraction of sp³-hybridized carbons (Fsp3) is 0.909. The van der Waals surface area contributed by atoms with E-state index in [0.29, 0.717) is 12.8 Å². The Morgan fingerprint density at radius 1 is 1.53 bits per heavy atom. The zero-order valence-corrected chi connectivity index (χ0v) is 9.58. The van der Waals surface area contributed by atoms with Gasteiger partial charge in [0.25, 0.3) is 0 Å². The first-order valence-corrected chi connectivity index (χ1v) is 5.66. The van der Waals surface area contributed by atoms with Crippen LogP contribution in [-0.4, -0.2) is 36.4 Å². The summed E-state index contributed by atoms with van der Waals surface area (Å²) in [5.74, 6) is -0.717. The summed E-state index contributed by atoms with van der Waals surface area (Å²) in [7, 11) is 1.69. The van der Waals surface area contributed by atoms with Gasteiger partial charge in [0, 0.05) is 7.11 Å². The van der Waals surface area contributed by atoms with E-state index in [-0.39, 0.29) is 6.10 Å². The summed E-state index contributed by atoms with van der Waals surface area (Å²) in [6.45, 7) is 2.81. The highest BCUT2D eigenvalue weighted by atomic mass is 16.5. The van der Waals surface area contributed by atoms with E-state index in [0.717, 1.165) is 25.8 Å². The first-order valence-electron chi connectivity index (χ1n) is 5.66. The Bertz CT molecular complexity index is 210. The maximum atomic E-state index is 11.3. The third-order valence-electron chi connectivity index (χ3n) is 3.24. The second-order valence-corrected chi connectivity index (χ2v) is 4.25. The molecule has 0 spiro atoms. The molecule has 0 amide bonds. The van der Waals surface area contributed by atoms with Crippen molar-refractivity contribution in [1.29, 1.82) is 0 Å². The fourth-order valence-corrected chi connectivity index (χ4v) is 2.15. The highest BCUT2D eigenvalue weighted by Gasteiger charge is 2.41. The van der Waals surface area contributed by atoms with E-state index in [1.54, 1.807) is 7.11 Å². The summed E-state index contributed by atoms with van der Waals surface area (Å²) < 4.78 is 5.25. The lowest BCUT2D eigenvalue weighted by molar-refractivity contribution is -0.147. The fourth-order valence-electron chi connectivity index (χ4n) is 2.15. The van der Waals surface area contributed by atoms with E-state index < -0.39 is 11.5 Å². The number of carbonyl (C=O) groups is 1. The molecule has 0 aromatic rings. The van der Waals surface area contributed by atoms with E-state index in [1.165, 1.54) is 0 Å². The summed E-state index contributed by atoms with van der Waals surface area (Å²) in [4.78, 5) is 11.3. The Morgan fingerprint density at radius 3 is 2.53 bits per heavy atom. The average molecular weight is 215 g/mol. The zero-order valence-electron chi connectivity index (χ0n) is 9.58. The number of rotatable bonds is 5. The maximum Gasteiger partial charge on any atom is 0.323 e. The van der Waals surface area contributed by atoms with E-state index >= 15 is 0 Å². The van der Waals surface area contributed by atoms with Gasteiger partial charge in [-0.25, -0.2) is 0 Å². The smallest absolute Gasteiger partial charge is 0.323 e. The maximum absolute atomic E-state index is 11.3. The second kappa shape index (κ2) is 5.47. The molecule has 0 saturated heterocycles. The topological polar surface area (TPSA) is 58.6 Å². The van der Waals surface area contributed by atoms with E-state index in [1.807, 2.05) is 6.92 Å². The number of carboxylic acids is 1. The van der Waals surface area contributed by atoms with Crippen molar-refractivity contribution in [1.82, 2.24) is 5.32 Å². The predicted octanol–water partition coefficient (Wildman–Crippen LogP) is 1.40. The van der Waals surface area contributed by atoms with Crippen molar-refractivity contribution >= 4 is 5.97 Å². The SMILES string of the molecule is CCCNC1(C(=O)O)CCC(OC)CC1. The molecule has 0 unspecified atom stereocenters. The minimum absolute atomic E-state index is 0.237. The van der Waals surface area contributed by atoms with E-state index in [9.17, 15) is 9.90 Å². The quantitative estimate of drug-likeness (QED) is 0.727. The van der Waals surface area contributed by atoms with Gasteiger partial charge in [0.1, 0.15) is 5.54 Å². The van der Waals surface area contributed by atoms with Crippen molar-refractivity contribution in [2.24, 2.45) is 0 Å². The van der Waals surface area contributed by atoms with Crippen LogP contribution in [0.1, 0.15) is 39.0 Å². The lowest BCUT2D eigenvalue weighted by atomic mass is 9.80. The average Bonchev–Trinajstić information content (AvgIpc) is 2.27. The number of ether oxygens (including phenoxy) is 1. The molecular formula is C11H21NO3. The van der Waals surface area contributed by atoms with Gasteiger partial charge in [-0.15, -0.1) is 0 Å². The van der Waals surface area contributed by atoms with E-state index in [2.05, 4.69) is 5.32 Å². The number of methoxy groups -OCH3 is 1. The minimum Gasteiger partial charge on any atom is -0.480 e. The Labute approximate surface area is 91.0 Å².